The maximum atomic E-state index is 6.31. The zero-order valence-corrected chi connectivity index (χ0v) is 23.5. The number of thiophene rings is 1. The molecule has 0 amide bonds. The maximum absolute atomic E-state index is 6.31. The number of fused-ring (bicyclic) bond motifs is 7. The average molecular weight is 553 g/mol. The van der Waals surface area contributed by atoms with Crippen molar-refractivity contribution in [3.63, 3.8) is 0 Å². The van der Waals surface area contributed by atoms with Gasteiger partial charge in [-0.25, -0.2) is 0 Å². The Hall–Kier alpha value is -5.18. The van der Waals surface area contributed by atoms with Gasteiger partial charge in [0, 0.05) is 15.5 Å². The monoisotopic (exact) mass is 552 g/mol. The fourth-order valence-corrected chi connectivity index (χ4v) is 7.79. The van der Waals surface area contributed by atoms with Crippen LogP contribution in [-0.4, -0.2) is 0 Å². The topological polar surface area (TPSA) is 13.1 Å². The van der Waals surface area contributed by atoms with Crippen molar-refractivity contribution in [1.29, 1.82) is 0 Å². The first kappa shape index (κ1) is 23.5. The van der Waals surface area contributed by atoms with E-state index in [4.69, 9.17) is 4.42 Å². The summed E-state index contributed by atoms with van der Waals surface area (Å²) in [6, 6.07) is 52.5. The standard InChI is InChI=1S/C40H24OS/c1-2-11-25(12-3-1)26-13-10-14-27(23-26)37-29-15-4-6-17-31(29)38(32-18-7-5-16-30(32)37)28-21-22-34-36(24-28)42-40-33-19-8-9-20-35(33)41-39(34)40/h1-24H. The Morgan fingerprint density at radius 1 is 0.381 bits per heavy atom. The zero-order valence-electron chi connectivity index (χ0n) is 22.7. The Labute approximate surface area is 246 Å². The van der Waals surface area contributed by atoms with E-state index < -0.39 is 0 Å². The first-order valence-corrected chi connectivity index (χ1v) is 15.1. The highest BCUT2D eigenvalue weighted by Crippen LogP contribution is 2.46. The van der Waals surface area contributed by atoms with E-state index in [-0.39, 0.29) is 0 Å². The lowest BCUT2D eigenvalue weighted by Crippen LogP contribution is -1.91. The van der Waals surface area contributed by atoms with E-state index in [1.807, 2.05) is 17.4 Å². The molecule has 2 heteroatoms. The van der Waals surface area contributed by atoms with Crippen LogP contribution in [0, 0.1) is 0 Å². The first-order valence-electron chi connectivity index (χ1n) is 14.3. The van der Waals surface area contributed by atoms with Gasteiger partial charge < -0.3 is 4.42 Å². The van der Waals surface area contributed by atoms with E-state index in [0.717, 1.165) is 11.2 Å². The summed E-state index contributed by atoms with van der Waals surface area (Å²) < 4.78 is 8.78. The van der Waals surface area contributed by atoms with Crippen molar-refractivity contribution in [2.45, 2.75) is 0 Å². The van der Waals surface area contributed by atoms with E-state index in [9.17, 15) is 0 Å². The first-order chi connectivity index (χ1) is 20.8. The van der Waals surface area contributed by atoms with Gasteiger partial charge in [-0.15, -0.1) is 11.3 Å². The molecule has 0 N–H and O–H groups in total. The van der Waals surface area contributed by atoms with Crippen molar-refractivity contribution in [3.05, 3.63) is 146 Å². The summed E-state index contributed by atoms with van der Waals surface area (Å²) in [5.74, 6) is 0. The molecule has 7 aromatic carbocycles. The summed E-state index contributed by atoms with van der Waals surface area (Å²) >= 11 is 1.82. The smallest absolute Gasteiger partial charge is 0.154 e. The summed E-state index contributed by atoms with van der Waals surface area (Å²) in [6.07, 6.45) is 0. The quantitative estimate of drug-likeness (QED) is 0.199. The van der Waals surface area contributed by atoms with Crippen LogP contribution >= 0.6 is 11.3 Å². The van der Waals surface area contributed by atoms with E-state index in [2.05, 4.69) is 140 Å². The third-order valence-corrected chi connectivity index (χ3v) is 9.63. The van der Waals surface area contributed by atoms with Gasteiger partial charge in [0.2, 0.25) is 0 Å². The second kappa shape index (κ2) is 9.17. The molecule has 0 aliphatic carbocycles. The SMILES string of the molecule is c1ccc(-c2cccc(-c3c4ccccc4c(-c4ccc5c(c4)sc4c6ccccc6oc54)c4ccccc34)c2)cc1. The van der Waals surface area contributed by atoms with Gasteiger partial charge in [-0.05, 0) is 85.3 Å². The van der Waals surface area contributed by atoms with Crippen molar-refractivity contribution in [3.8, 4) is 33.4 Å². The summed E-state index contributed by atoms with van der Waals surface area (Å²) in [4.78, 5) is 0. The molecular formula is C40H24OS. The summed E-state index contributed by atoms with van der Waals surface area (Å²) in [5, 5.41) is 7.43. The molecule has 0 unspecified atom stereocenters. The predicted molar refractivity (Wildman–Crippen MR) is 180 cm³/mol. The summed E-state index contributed by atoms with van der Waals surface area (Å²) in [5.41, 5.74) is 9.42. The Balaban J connectivity index is 1.31. The molecule has 9 rings (SSSR count). The van der Waals surface area contributed by atoms with Crippen LogP contribution in [0.3, 0.4) is 0 Å². The maximum Gasteiger partial charge on any atom is 0.154 e. The van der Waals surface area contributed by atoms with Crippen LogP contribution < -0.4 is 0 Å². The molecule has 0 bridgehead atoms. The molecule has 0 aliphatic heterocycles. The van der Waals surface area contributed by atoms with Crippen LogP contribution in [0.4, 0.5) is 0 Å². The van der Waals surface area contributed by atoms with Crippen LogP contribution in [0.1, 0.15) is 0 Å². The van der Waals surface area contributed by atoms with Gasteiger partial charge >= 0.3 is 0 Å². The van der Waals surface area contributed by atoms with E-state index >= 15 is 0 Å². The number of hydrogen-bond donors (Lipinski definition) is 0. The molecule has 0 radical (unpaired) electrons. The van der Waals surface area contributed by atoms with Crippen molar-refractivity contribution >= 4 is 64.2 Å². The van der Waals surface area contributed by atoms with Crippen molar-refractivity contribution in [1.82, 2.24) is 0 Å². The van der Waals surface area contributed by atoms with Crippen molar-refractivity contribution < 1.29 is 4.42 Å². The largest absolute Gasteiger partial charge is 0.454 e. The van der Waals surface area contributed by atoms with Crippen LogP contribution in [0.15, 0.2) is 150 Å². The minimum atomic E-state index is 0.952. The Kier molecular flexibility index (Phi) is 5.13. The lowest BCUT2D eigenvalue weighted by molar-refractivity contribution is 0.673. The summed E-state index contributed by atoms with van der Waals surface area (Å²) in [6.45, 7) is 0. The van der Waals surface area contributed by atoms with Crippen molar-refractivity contribution in [2.24, 2.45) is 0 Å². The molecule has 42 heavy (non-hydrogen) atoms. The molecule has 1 nitrogen and oxygen atoms in total. The number of hydrogen-bond acceptors (Lipinski definition) is 2. The number of para-hydroxylation sites is 1. The Morgan fingerprint density at radius 3 is 1.62 bits per heavy atom. The van der Waals surface area contributed by atoms with Gasteiger partial charge in [0.25, 0.3) is 0 Å². The molecule has 0 aliphatic rings. The van der Waals surface area contributed by atoms with Gasteiger partial charge in [-0.1, -0.05) is 115 Å². The molecule has 196 valence electrons. The molecule has 9 aromatic rings. The predicted octanol–water partition coefficient (Wildman–Crippen LogP) is 12.1. The van der Waals surface area contributed by atoms with Gasteiger partial charge in [0.15, 0.2) is 5.58 Å². The average Bonchev–Trinajstić information content (AvgIpc) is 3.60. The fourth-order valence-electron chi connectivity index (χ4n) is 6.60. The van der Waals surface area contributed by atoms with Crippen LogP contribution in [0.5, 0.6) is 0 Å². The number of rotatable bonds is 3. The molecule has 2 aromatic heterocycles. The van der Waals surface area contributed by atoms with E-state index in [1.54, 1.807) is 0 Å². The van der Waals surface area contributed by atoms with Gasteiger partial charge in [0.1, 0.15) is 5.58 Å². The van der Waals surface area contributed by atoms with Crippen LogP contribution in [-0.2, 0) is 0 Å². The molecule has 2 heterocycles. The second-order valence-corrected chi connectivity index (χ2v) is 11.9. The van der Waals surface area contributed by atoms with Gasteiger partial charge in [-0.3, -0.25) is 0 Å². The highest BCUT2D eigenvalue weighted by molar-refractivity contribution is 7.26. The Bertz CT molecular complexity index is 2400. The summed E-state index contributed by atoms with van der Waals surface area (Å²) in [7, 11) is 0. The highest BCUT2D eigenvalue weighted by atomic mass is 32.1. The lowest BCUT2D eigenvalue weighted by atomic mass is 9.85. The lowest BCUT2D eigenvalue weighted by Gasteiger charge is -2.18. The van der Waals surface area contributed by atoms with Crippen LogP contribution in [0.25, 0.3) is 86.3 Å². The molecule has 0 atom stereocenters. The number of furan rings is 1. The molecule has 0 saturated heterocycles. The van der Waals surface area contributed by atoms with Gasteiger partial charge in [0.05, 0.1) is 4.70 Å². The number of benzene rings is 7. The molecule has 0 spiro atoms. The van der Waals surface area contributed by atoms with E-state index in [1.165, 1.54) is 75.1 Å². The molecule has 0 saturated carbocycles. The fraction of sp³-hybridized carbons (Fsp3) is 0. The van der Waals surface area contributed by atoms with Gasteiger partial charge in [-0.2, -0.15) is 0 Å². The third-order valence-electron chi connectivity index (χ3n) is 8.47. The van der Waals surface area contributed by atoms with E-state index in [0.29, 0.717) is 0 Å². The minimum Gasteiger partial charge on any atom is -0.454 e. The highest BCUT2D eigenvalue weighted by Gasteiger charge is 2.19. The Morgan fingerprint density at radius 2 is 0.929 bits per heavy atom. The molecule has 0 fully saturated rings. The normalized spacial score (nSPS) is 11.8. The zero-order chi connectivity index (χ0) is 27.6. The second-order valence-electron chi connectivity index (χ2n) is 10.9. The molecular weight excluding hydrogens is 529 g/mol. The van der Waals surface area contributed by atoms with Crippen LogP contribution in [0.2, 0.25) is 0 Å². The third kappa shape index (κ3) is 3.49. The van der Waals surface area contributed by atoms with Crippen molar-refractivity contribution in [2.75, 3.05) is 0 Å². The minimum absolute atomic E-state index is 0.952.